The summed E-state index contributed by atoms with van der Waals surface area (Å²) in [5.74, 6) is 0.759. The number of hydrogen-bond donors (Lipinski definition) is 2. The quantitative estimate of drug-likeness (QED) is 0.436. The zero-order valence-corrected chi connectivity index (χ0v) is 17.5. The van der Waals surface area contributed by atoms with Gasteiger partial charge in [-0.3, -0.25) is 9.59 Å². The van der Waals surface area contributed by atoms with Gasteiger partial charge in [-0.25, -0.2) is 0 Å². The van der Waals surface area contributed by atoms with Crippen LogP contribution in [0.15, 0.2) is 65.3 Å². The van der Waals surface area contributed by atoms with E-state index in [1.165, 1.54) is 0 Å². The van der Waals surface area contributed by atoms with Crippen LogP contribution in [0.1, 0.15) is 29.0 Å². The van der Waals surface area contributed by atoms with Crippen molar-refractivity contribution in [3.8, 4) is 5.75 Å². The molecule has 0 unspecified atom stereocenters. The number of benzene rings is 2. The minimum absolute atomic E-state index is 0.172. The maximum absolute atomic E-state index is 12.3. The summed E-state index contributed by atoms with van der Waals surface area (Å²) in [6.07, 6.45) is 2.32. The highest BCUT2D eigenvalue weighted by Crippen LogP contribution is 2.27. The van der Waals surface area contributed by atoms with Gasteiger partial charge in [0, 0.05) is 22.7 Å². The largest absolute Gasteiger partial charge is 0.492 e. The molecule has 0 fully saturated rings. The Morgan fingerprint density at radius 1 is 1.03 bits per heavy atom. The third-order valence-electron chi connectivity index (χ3n) is 4.11. The van der Waals surface area contributed by atoms with E-state index in [0.717, 1.165) is 0 Å². The molecule has 0 atom stereocenters. The van der Waals surface area contributed by atoms with Crippen molar-refractivity contribution in [1.29, 1.82) is 0 Å². The Bertz CT molecular complexity index is 1010. The lowest BCUT2D eigenvalue weighted by molar-refractivity contribution is -0.116. The zero-order valence-electron chi connectivity index (χ0n) is 16.0. The fourth-order valence-corrected chi connectivity index (χ4v) is 3.11. The molecule has 0 radical (unpaired) electrons. The van der Waals surface area contributed by atoms with Crippen molar-refractivity contribution >= 4 is 40.7 Å². The predicted octanol–water partition coefficient (Wildman–Crippen LogP) is 5.31. The van der Waals surface area contributed by atoms with E-state index in [2.05, 4.69) is 10.6 Å². The van der Waals surface area contributed by atoms with Crippen LogP contribution in [0.3, 0.4) is 0 Å². The average molecular weight is 447 g/mol. The fourth-order valence-electron chi connectivity index (χ4n) is 2.65. The van der Waals surface area contributed by atoms with Gasteiger partial charge in [-0.1, -0.05) is 29.3 Å². The van der Waals surface area contributed by atoms with Gasteiger partial charge < -0.3 is 19.8 Å². The molecule has 0 bridgehead atoms. The minimum atomic E-state index is -0.254. The van der Waals surface area contributed by atoms with Crippen molar-refractivity contribution < 1.29 is 18.7 Å². The van der Waals surface area contributed by atoms with Gasteiger partial charge in [0.25, 0.3) is 5.91 Å². The number of carbonyl (C=O) groups is 2. The molecule has 0 saturated heterocycles. The smallest absolute Gasteiger partial charge is 0.251 e. The molecule has 0 saturated carbocycles. The first-order chi connectivity index (χ1) is 14.5. The summed E-state index contributed by atoms with van der Waals surface area (Å²) in [7, 11) is 0. The molecule has 0 aliphatic carbocycles. The second kappa shape index (κ2) is 10.7. The molecule has 0 aliphatic rings. The van der Waals surface area contributed by atoms with E-state index in [4.69, 9.17) is 32.4 Å². The lowest BCUT2D eigenvalue weighted by atomic mass is 10.2. The predicted molar refractivity (Wildman–Crippen MR) is 116 cm³/mol. The van der Waals surface area contributed by atoms with E-state index in [0.29, 0.717) is 52.4 Å². The SMILES string of the molecule is O=C(CCCOc1ccc(Cl)cc1Cl)Nc1cccc(C(=O)NCc2ccco2)c1. The van der Waals surface area contributed by atoms with Gasteiger partial charge >= 0.3 is 0 Å². The van der Waals surface area contributed by atoms with Crippen LogP contribution in [-0.2, 0) is 11.3 Å². The van der Waals surface area contributed by atoms with Gasteiger partial charge in [0.15, 0.2) is 0 Å². The maximum atomic E-state index is 12.3. The molecule has 2 amide bonds. The molecular weight excluding hydrogens is 427 g/mol. The van der Waals surface area contributed by atoms with E-state index in [-0.39, 0.29) is 18.2 Å². The summed E-state index contributed by atoms with van der Waals surface area (Å²) in [6.45, 7) is 0.629. The number of nitrogens with one attached hydrogen (secondary N) is 2. The summed E-state index contributed by atoms with van der Waals surface area (Å²) in [6, 6.07) is 15.3. The summed E-state index contributed by atoms with van der Waals surface area (Å²) in [4.78, 5) is 24.4. The van der Waals surface area contributed by atoms with Crippen molar-refractivity contribution in [1.82, 2.24) is 5.32 Å². The number of carbonyl (C=O) groups excluding carboxylic acids is 2. The number of furan rings is 1. The van der Waals surface area contributed by atoms with Crippen LogP contribution in [0, 0.1) is 0 Å². The van der Waals surface area contributed by atoms with Gasteiger partial charge in [0.05, 0.1) is 24.4 Å². The molecule has 2 N–H and O–H groups in total. The van der Waals surface area contributed by atoms with Crippen molar-refractivity contribution in [3.63, 3.8) is 0 Å². The molecule has 1 aromatic heterocycles. The van der Waals surface area contributed by atoms with Crippen molar-refractivity contribution in [2.75, 3.05) is 11.9 Å². The molecule has 2 aromatic carbocycles. The number of halogens is 2. The van der Waals surface area contributed by atoms with E-state index >= 15 is 0 Å². The van der Waals surface area contributed by atoms with E-state index in [1.54, 1.807) is 60.9 Å². The highest BCUT2D eigenvalue weighted by Gasteiger charge is 2.09. The number of hydrogen-bond acceptors (Lipinski definition) is 4. The monoisotopic (exact) mass is 446 g/mol. The standard InChI is InChI=1S/C22H20Cl2N2O4/c23-16-8-9-20(19(24)13-16)30-11-3-7-21(27)26-17-5-1-4-15(12-17)22(28)25-14-18-6-2-10-29-18/h1-2,4-6,8-10,12-13H,3,7,11,14H2,(H,25,28)(H,26,27). The summed E-state index contributed by atoms with van der Waals surface area (Å²) in [5.41, 5.74) is 0.993. The van der Waals surface area contributed by atoms with Crippen LogP contribution >= 0.6 is 23.2 Å². The Balaban J connectivity index is 1.43. The number of amides is 2. The van der Waals surface area contributed by atoms with Crippen LogP contribution in [0.4, 0.5) is 5.69 Å². The third-order valence-corrected chi connectivity index (χ3v) is 4.64. The first kappa shape index (κ1) is 21.7. The molecule has 0 aliphatic heterocycles. The maximum Gasteiger partial charge on any atom is 0.251 e. The molecule has 30 heavy (non-hydrogen) atoms. The Labute approximate surface area is 184 Å². The van der Waals surface area contributed by atoms with Crippen LogP contribution in [0.2, 0.25) is 10.0 Å². The highest BCUT2D eigenvalue weighted by molar-refractivity contribution is 6.35. The van der Waals surface area contributed by atoms with Crippen molar-refractivity contribution in [2.45, 2.75) is 19.4 Å². The van der Waals surface area contributed by atoms with Gasteiger partial charge in [0.1, 0.15) is 11.5 Å². The van der Waals surface area contributed by atoms with Gasteiger partial charge in [0.2, 0.25) is 5.91 Å². The summed E-state index contributed by atoms with van der Waals surface area (Å²) >= 11 is 11.9. The first-order valence-corrected chi connectivity index (χ1v) is 10.1. The third kappa shape index (κ3) is 6.54. The van der Waals surface area contributed by atoms with Gasteiger partial charge in [-0.15, -0.1) is 0 Å². The molecule has 6 nitrogen and oxygen atoms in total. The number of anilines is 1. The van der Waals surface area contributed by atoms with Crippen LogP contribution in [-0.4, -0.2) is 18.4 Å². The lowest BCUT2D eigenvalue weighted by Crippen LogP contribution is -2.22. The first-order valence-electron chi connectivity index (χ1n) is 9.29. The van der Waals surface area contributed by atoms with Crippen LogP contribution < -0.4 is 15.4 Å². The Morgan fingerprint density at radius 2 is 1.90 bits per heavy atom. The average Bonchev–Trinajstić information content (AvgIpc) is 3.24. The second-order valence-electron chi connectivity index (χ2n) is 6.42. The fraction of sp³-hybridized carbons (Fsp3) is 0.182. The van der Waals surface area contributed by atoms with Crippen LogP contribution in [0.5, 0.6) is 5.75 Å². The van der Waals surface area contributed by atoms with Gasteiger partial charge in [-0.05, 0) is 55.0 Å². The summed E-state index contributed by atoms with van der Waals surface area (Å²) in [5, 5.41) is 6.51. The van der Waals surface area contributed by atoms with E-state index in [1.807, 2.05) is 0 Å². The van der Waals surface area contributed by atoms with Crippen molar-refractivity contribution in [2.24, 2.45) is 0 Å². The molecular formula is C22H20Cl2N2O4. The Hall–Kier alpha value is -2.96. The van der Waals surface area contributed by atoms with Gasteiger partial charge in [-0.2, -0.15) is 0 Å². The Kier molecular flexibility index (Phi) is 7.76. The normalized spacial score (nSPS) is 10.5. The highest BCUT2D eigenvalue weighted by atomic mass is 35.5. The molecule has 1 heterocycles. The molecule has 8 heteroatoms. The summed E-state index contributed by atoms with van der Waals surface area (Å²) < 4.78 is 10.8. The molecule has 3 rings (SSSR count). The van der Waals surface area contributed by atoms with E-state index < -0.39 is 0 Å². The lowest BCUT2D eigenvalue weighted by Gasteiger charge is -2.09. The molecule has 156 valence electrons. The Morgan fingerprint density at radius 3 is 2.67 bits per heavy atom. The van der Waals surface area contributed by atoms with Crippen LogP contribution in [0.25, 0.3) is 0 Å². The topological polar surface area (TPSA) is 80.6 Å². The second-order valence-corrected chi connectivity index (χ2v) is 7.26. The number of rotatable bonds is 9. The van der Waals surface area contributed by atoms with E-state index in [9.17, 15) is 9.59 Å². The van der Waals surface area contributed by atoms with Crippen molar-refractivity contribution in [3.05, 3.63) is 82.2 Å². The molecule has 0 spiro atoms. The zero-order chi connectivity index (χ0) is 21.3. The molecule has 3 aromatic rings. The number of ether oxygens (including phenoxy) is 1. The minimum Gasteiger partial charge on any atom is -0.492 e.